The summed E-state index contributed by atoms with van der Waals surface area (Å²) in [6.07, 6.45) is 2.15. The zero-order valence-electron chi connectivity index (χ0n) is 16.5. The predicted molar refractivity (Wildman–Crippen MR) is 102 cm³/mol. The number of furan rings is 2. The Morgan fingerprint density at radius 2 is 2.00 bits per heavy atom. The highest BCUT2D eigenvalue weighted by atomic mass is 16.3. The van der Waals surface area contributed by atoms with Gasteiger partial charge < -0.3 is 23.7 Å². The molecule has 150 valence electrons. The summed E-state index contributed by atoms with van der Waals surface area (Å²) in [5.74, 6) is -0.380. The van der Waals surface area contributed by atoms with Crippen LogP contribution in [0.15, 0.2) is 50.7 Å². The van der Waals surface area contributed by atoms with Gasteiger partial charge in [0.15, 0.2) is 11.5 Å². The number of aliphatic hydroxyl groups excluding tert-OH is 1. The summed E-state index contributed by atoms with van der Waals surface area (Å²) in [5, 5.41) is 10.5. The summed E-state index contributed by atoms with van der Waals surface area (Å²) >= 11 is 0. The zero-order chi connectivity index (χ0) is 20.3. The SMILES string of the molecule is CC[NH+](CC)CCCN1C(=O)C(O)=C(C(=O)c2ccco2)[C@H]1c1ccc(C)o1. The number of rotatable bonds is 9. The number of ketones is 1. The van der Waals surface area contributed by atoms with Gasteiger partial charge in [-0.1, -0.05) is 0 Å². The molecule has 0 saturated carbocycles. The quantitative estimate of drug-likeness (QED) is 0.643. The molecule has 0 radical (unpaired) electrons. The summed E-state index contributed by atoms with van der Waals surface area (Å²) < 4.78 is 10.9. The van der Waals surface area contributed by atoms with Crippen molar-refractivity contribution in [3.63, 3.8) is 0 Å². The Labute approximate surface area is 164 Å². The van der Waals surface area contributed by atoms with Crippen LogP contribution in [0.1, 0.15) is 48.4 Å². The lowest BCUT2D eigenvalue weighted by atomic mass is 9.99. The smallest absolute Gasteiger partial charge is 0.290 e. The van der Waals surface area contributed by atoms with Gasteiger partial charge in [0.05, 0.1) is 31.5 Å². The molecule has 1 aliphatic rings. The van der Waals surface area contributed by atoms with E-state index in [1.54, 1.807) is 25.1 Å². The number of hydrogen-bond donors (Lipinski definition) is 2. The molecule has 3 heterocycles. The Morgan fingerprint density at radius 3 is 2.57 bits per heavy atom. The number of quaternary nitrogens is 1. The molecule has 3 rings (SSSR count). The number of nitrogens with one attached hydrogen (secondary N) is 1. The number of amides is 1. The molecule has 0 saturated heterocycles. The first-order valence-corrected chi connectivity index (χ1v) is 9.70. The van der Waals surface area contributed by atoms with Crippen molar-refractivity contribution < 1.29 is 28.4 Å². The molecule has 2 N–H and O–H groups in total. The van der Waals surface area contributed by atoms with Gasteiger partial charge in [-0.25, -0.2) is 0 Å². The van der Waals surface area contributed by atoms with Crippen LogP contribution in [0.3, 0.4) is 0 Å². The van der Waals surface area contributed by atoms with Gasteiger partial charge in [-0.05, 0) is 45.0 Å². The van der Waals surface area contributed by atoms with E-state index in [2.05, 4.69) is 13.8 Å². The zero-order valence-corrected chi connectivity index (χ0v) is 16.5. The van der Waals surface area contributed by atoms with Crippen molar-refractivity contribution in [3.05, 3.63) is 59.1 Å². The standard InChI is InChI=1S/C21H26N2O5/c1-4-22(5-2)11-7-12-23-18(15-10-9-14(3)28-15)17(20(25)21(23)26)19(24)16-8-6-13-27-16/h6,8-10,13,18,25H,4-5,7,11-12H2,1-3H3/p+1/t18-/m1/s1. The molecule has 2 aromatic rings. The topological polar surface area (TPSA) is 88.3 Å². The molecule has 2 aromatic heterocycles. The van der Waals surface area contributed by atoms with E-state index in [1.165, 1.54) is 22.1 Å². The van der Waals surface area contributed by atoms with Crippen LogP contribution in [-0.4, -0.2) is 47.9 Å². The number of aryl methyl sites for hydroxylation is 1. The molecule has 7 heteroatoms. The van der Waals surface area contributed by atoms with Crippen LogP contribution < -0.4 is 4.90 Å². The third-order valence-electron chi connectivity index (χ3n) is 5.25. The van der Waals surface area contributed by atoms with Crippen molar-refractivity contribution in [2.24, 2.45) is 0 Å². The number of aliphatic hydroxyl groups is 1. The maximum atomic E-state index is 12.9. The molecular formula is C21H27N2O5+. The number of carbonyl (C=O) groups is 2. The van der Waals surface area contributed by atoms with Gasteiger partial charge in [-0.3, -0.25) is 9.59 Å². The summed E-state index contributed by atoms with van der Waals surface area (Å²) in [5.41, 5.74) is 0.00415. The van der Waals surface area contributed by atoms with Gasteiger partial charge in [0.1, 0.15) is 17.6 Å². The maximum absolute atomic E-state index is 12.9. The summed E-state index contributed by atoms with van der Waals surface area (Å²) in [7, 11) is 0. The fraction of sp³-hybridized carbons (Fsp3) is 0.429. The summed E-state index contributed by atoms with van der Waals surface area (Å²) in [4.78, 5) is 28.7. The Morgan fingerprint density at radius 1 is 1.25 bits per heavy atom. The highest BCUT2D eigenvalue weighted by molar-refractivity contribution is 6.14. The van der Waals surface area contributed by atoms with Crippen LogP contribution >= 0.6 is 0 Å². The third-order valence-corrected chi connectivity index (χ3v) is 5.25. The molecule has 1 atom stereocenters. The Hall–Kier alpha value is -2.80. The molecule has 0 bridgehead atoms. The lowest BCUT2D eigenvalue weighted by molar-refractivity contribution is -0.896. The normalized spacial score (nSPS) is 17.2. The van der Waals surface area contributed by atoms with E-state index in [0.717, 1.165) is 26.1 Å². The first-order valence-electron chi connectivity index (χ1n) is 9.70. The van der Waals surface area contributed by atoms with E-state index in [4.69, 9.17) is 8.83 Å². The van der Waals surface area contributed by atoms with Crippen LogP contribution in [0.2, 0.25) is 0 Å². The molecule has 0 spiro atoms. The molecule has 1 aliphatic heterocycles. The molecule has 0 aromatic carbocycles. The van der Waals surface area contributed by atoms with E-state index in [9.17, 15) is 14.7 Å². The number of carbonyl (C=O) groups excluding carboxylic acids is 2. The summed E-state index contributed by atoms with van der Waals surface area (Å²) in [6, 6.07) is 5.87. The van der Waals surface area contributed by atoms with Gasteiger partial charge in [-0.15, -0.1) is 0 Å². The van der Waals surface area contributed by atoms with E-state index in [1.807, 2.05) is 0 Å². The van der Waals surface area contributed by atoms with Gasteiger partial charge in [-0.2, -0.15) is 0 Å². The highest BCUT2D eigenvalue weighted by Crippen LogP contribution is 2.39. The van der Waals surface area contributed by atoms with Crippen LogP contribution in [0.4, 0.5) is 0 Å². The van der Waals surface area contributed by atoms with Gasteiger partial charge in [0, 0.05) is 13.0 Å². The van der Waals surface area contributed by atoms with E-state index >= 15 is 0 Å². The monoisotopic (exact) mass is 387 g/mol. The van der Waals surface area contributed by atoms with Crippen molar-refractivity contribution >= 4 is 11.7 Å². The third kappa shape index (κ3) is 3.75. The average Bonchev–Trinajstić information content (AvgIpc) is 3.41. The van der Waals surface area contributed by atoms with Crippen LogP contribution in [0.25, 0.3) is 0 Å². The second-order valence-corrected chi connectivity index (χ2v) is 6.98. The number of hydrogen-bond acceptors (Lipinski definition) is 5. The predicted octanol–water partition coefficient (Wildman–Crippen LogP) is 2.07. The van der Waals surface area contributed by atoms with E-state index in [0.29, 0.717) is 18.1 Å². The second-order valence-electron chi connectivity index (χ2n) is 6.98. The minimum Gasteiger partial charge on any atom is -0.503 e. The van der Waals surface area contributed by atoms with E-state index < -0.39 is 23.5 Å². The molecular weight excluding hydrogens is 360 g/mol. The molecule has 1 amide bonds. The summed E-state index contributed by atoms with van der Waals surface area (Å²) in [6.45, 7) is 9.40. The van der Waals surface area contributed by atoms with Crippen molar-refractivity contribution in [1.29, 1.82) is 0 Å². The molecule has 28 heavy (non-hydrogen) atoms. The first-order chi connectivity index (χ1) is 13.5. The largest absolute Gasteiger partial charge is 0.503 e. The maximum Gasteiger partial charge on any atom is 0.290 e. The Kier molecular flexibility index (Phi) is 6.04. The van der Waals surface area contributed by atoms with Crippen LogP contribution in [0.5, 0.6) is 0 Å². The van der Waals surface area contributed by atoms with Gasteiger partial charge in [0.2, 0.25) is 5.78 Å². The van der Waals surface area contributed by atoms with Crippen LogP contribution in [-0.2, 0) is 4.79 Å². The average molecular weight is 387 g/mol. The Bertz CT molecular complexity index is 861. The van der Waals surface area contributed by atoms with Crippen LogP contribution in [0, 0.1) is 6.92 Å². The molecule has 0 unspecified atom stereocenters. The van der Waals surface area contributed by atoms with Crippen molar-refractivity contribution in [1.82, 2.24) is 4.90 Å². The van der Waals surface area contributed by atoms with E-state index in [-0.39, 0.29) is 11.3 Å². The molecule has 7 nitrogen and oxygen atoms in total. The van der Waals surface area contributed by atoms with Crippen molar-refractivity contribution in [2.75, 3.05) is 26.2 Å². The Balaban J connectivity index is 1.90. The fourth-order valence-electron chi connectivity index (χ4n) is 3.66. The minimum absolute atomic E-state index is 0.00415. The van der Waals surface area contributed by atoms with Gasteiger partial charge in [0.25, 0.3) is 5.91 Å². The number of nitrogens with zero attached hydrogens (tertiary/aromatic N) is 1. The lowest BCUT2D eigenvalue weighted by Gasteiger charge is -2.25. The van der Waals surface area contributed by atoms with Crippen molar-refractivity contribution in [2.45, 2.75) is 33.2 Å². The second kappa shape index (κ2) is 8.48. The number of Topliss-reactive ketones (excluding diaryl/α,β-unsaturated/α-hetero) is 1. The highest BCUT2D eigenvalue weighted by Gasteiger charge is 2.45. The first kappa shape index (κ1) is 19.9. The van der Waals surface area contributed by atoms with Gasteiger partial charge >= 0.3 is 0 Å². The van der Waals surface area contributed by atoms with Crippen molar-refractivity contribution in [3.8, 4) is 0 Å². The fourth-order valence-corrected chi connectivity index (χ4v) is 3.66. The molecule has 0 fully saturated rings. The minimum atomic E-state index is -0.759. The molecule has 0 aliphatic carbocycles. The lowest BCUT2D eigenvalue weighted by Crippen LogP contribution is -3.11.